The van der Waals surface area contributed by atoms with Gasteiger partial charge in [-0.15, -0.1) is 11.2 Å². The van der Waals surface area contributed by atoms with E-state index >= 15 is 0 Å². The van der Waals surface area contributed by atoms with Crippen molar-refractivity contribution in [3.8, 4) is 5.75 Å². The third-order valence-electron chi connectivity index (χ3n) is 6.33. The van der Waals surface area contributed by atoms with Crippen molar-refractivity contribution in [3.05, 3.63) is 102 Å². The van der Waals surface area contributed by atoms with E-state index in [-0.39, 0.29) is 10.5 Å². The lowest BCUT2D eigenvalue weighted by atomic mass is 9.67. The lowest BCUT2D eigenvalue weighted by Crippen LogP contribution is -2.53. The van der Waals surface area contributed by atoms with Crippen LogP contribution in [0.3, 0.4) is 0 Å². The van der Waals surface area contributed by atoms with Gasteiger partial charge in [-0.1, -0.05) is 42.5 Å². The Bertz CT molecular complexity index is 1160. The Balaban J connectivity index is 1.42. The average Bonchev–Trinajstić information content (AvgIpc) is 3.10. The fourth-order valence-corrected chi connectivity index (χ4v) is 4.66. The zero-order valence-corrected chi connectivity index (χ0v) is 17.9. The molecule has 1 unspecified atom stereocenters. The smallest absolute Gasteiger partial charge is 0.265 e. The van der Waals surface area contributed by atoms with Gasteiger partial charge >= 0.3 is 0 Å². The van der Waals surface area contributed by atoms with Crippen molar-refractivity contribution in [2.75, 3.05) is 0 Å². The number of aliphatic imine (C=N–C) groups is 2. The first-order valence-corrected chi connectivity index (χ1v) is 10.8. The lowest BCUT2D eigenvalue weighted by molar-refractivity contribution is -0.750. The molecule has 1 fully saturated rings. The summed E-state index contributed by atoms with van der Waals surface area (Å²) in [5.41, 5.74) is 3.06. The molecule has 0 radical (unpaired) electrons. The summed E-state index contributed by atoms with van der Waals surface area (Å²) in [6.07, 6.45) is 8.97. The van der Waals surface area contributed by atoms with Crippen LogP contribution in [0.5, 0.6) is 5.75 Å². The van der Waals surface area contributed by atoms with Crippen molar-refractivity contribution in [2.24, 2.45) is 21.7 Å². The van der Waals surface area contributed by atoms with Gasteiger partial charge in [0.1, 0.15) is 24.3 Å². The van der Waals surface area contributed by atoms with Gasteiger partial charge in [-0.05, 0) is 43.0 Å². The number of nitrogens with two attached hydrogens (primary N) is 1. The molecule has 0 aromatic heterocycles. The van der Waals surface area contributed by atoms with Gasteiger partial charge < -0.3 is 9.84 Å². The number of nitrogens with zero attached hydrogens (tertiary/aromatic N) is 3. The van der Waals surface area contributed by atoms with Crippen LogP contribution in [0.1, 0.15) is 30.4 Å². The van der Waals surface area contributed by atoms with Crippen LogP contribution >= 0.6 is 0 Å². The number of allylic oxidation sites excluding steroid dienone is 2. The van der Waals surface area contributed by atoms with E-state index in [9.17, 15) is 5.11 Å². The summed E-state index contributed by atoms with van der Waals surface area (Å²) in [7, 11) is 0. The van der Waals surface area contributed by atoms with Gasteiger partial charge in [0.15, 0.2) is 0 Å². The van der Waals surface area contributed by atoms with Crippen molar-refractivity contribution in [1.82, 2.24) is 0 Å². The maximum Gasteiger partial charge on any atom is 0.265 e. The quantitative estimate of drug-likeness (QED) is 0.395. The molecule has 5 rings (SSSR count). The molecule has 1 saturated carbocycles. The first kappa shape index (κ1) is 20.6. The molecule has 32 heavy (non-hydrogen) atoms. The second-order valence-corrected chi connectivity index (χ2v) is 8.68. The van der Waals surface area contributed by atoms with Gasteiger partial charge in [0, 0.05) is 5.92 Å². The van der Waals surface area contributed by atoms with Gasteiger partial charge in [0.05, 0.1) is 23.6 Å². The second-order valence-electron chi connectivity index (χ2n) is 8.68. The molecule has 6 heteroatoms. The highest BCUT2D eigenvalue weighted by Gasteiger charge is 2.51. The monoisotopic (exact) mass is 427 g/mol. The maximum absolute atomic E-state index is 10.6. The van der Waals surface area contributed by atoms with Crippen molar-refractivity contribution >= 4 is 12.1 Å². The summed E-state index contributed by atoms with van der Waals surface area (Å²) < 4.78 is 5.99. The predicted octanol–water partition coefficient (Wildman–Crippen LogP) is 4.20. The standard InChI is InChI=1S/C26H27N4O2/c1-2-11-26(31)15-21(16-26)24-23-17-28-12-13-30(23,27)25(29-24)20-9-6-10-22(14-20)32-18-19-7-4-3-5-8-19/h2-10,12-14,17,21,31H,1,11,15-16,18,27H2/q+1. The minimum absolute atomic E-state index is 0.0304. The SMILES string of the molecule is C=CCC1(O)CC(C2=C3C=NC=C[N+]3(N)C(c3cccc(OCc4ccccc4)c3)=N2)C1. The van der Waals surface area contributed by atoms with E-state index < -0.39 is 5.60 Å². The molecule has 1 aliphatic carbocycles. The molecule has 2 heterocycles. The number of rotatable bonds is 7. The highest BCUT2D eigenvalue weighted by molar-refractivity contribution is 6.00. The van der Waals surface area contributed by atoms with Crippen molar-refractivity contribution in [1.29, 1.82) is 0 Å². The Kier molecular flexibility index (Phi) is 5.13. The molecule has 0 amide bonds. The van der Waals surface area contributed by atoms with Crippen LogP contribution in [-0.2, 0) is 6.61 Å². The lowest BCUT2D eigenvalue weighted by Gasteiger charge is -2.43. The molecule has 3 aliphatic rings. The summed E-state index contributed by atoms with van der Waals surface area (Å²) in [4.78, 5) is 9.29. The van der Waals surface area contributed by atoms with Crippen molar-refractivity contribution in [2.45, 2.75) is 31.5 Å². The molecule has 1 atom stereocenters. The summed E-state index contributed by atoms with van der Waals surface area (Å²) in [6.45, 7) is 4.25. The molecular weight excluding hydrogens is 400 g/mol. The molecular formula is C26H27N4O2+. The Morgan fingerprint density at radius 2 is 2.00 bits per heavy atom. The minimum atomic E-state index is -0.699. The number of benzene rings is 2. The molecule has 0 saturated heterocycles. The second kappa shape index (κ2) is 7.98. The van der Waals surface area contributed by atoms with E-state index in [0.29, 0.717) is 25.9 Å². The van der Waals surface area contributed by atoms with Crippen LogP contribution in [0.2, 0.25) is 0 Å². The maximum atomic E-state index is 10.6. The van der Waals surface area contributed by atoms with Crippen LogP contribution in [0, 0.1) is 5.92 Å². The zero-order valence-electron chi connectivity index (χ0n) is 17.9. The Morgan fingerprint density at radius 1 is 1.19 bits per heavy atom. The molecule has 2 aromatic carbocycles. The summed E-state index contributed by atoms with van der Waals surface area (Å²) in [5, 5.41) is 10.6. The first-order chi connectivity index (χ1) is 15.5. The molecule has 2 aliphatic heterocycles. The van der Waals surface area contributed by atoms with Gasteiger partial charge in [-0.2, -0.15) is 10.8 Å². The number of aliphatic hydroxyl groups is 1. The molecule has 0 bridgehead atoms. The van der Waals surface area contributed by atoms with Crippen molar-refractivity contribution in [3.63, 3.8) is 0 Å². The molecule has 6 nitrogen and oxygen atoms in total. The summed E-state index contributed by atoms with van der Waals surface area (Å²) >= 11 is 0. The zero-order chi connectivity index (χ0) is 22.2. The highest BCUT2D eigenvalue weighted by atomic mass is 16.5. The topological polar surface area (TPSA) is 80.2 Å². The fourth-order valence-electron chi connectivity index (χ4n) is 4.66. The number of hydrogen-bond donors (Lipinski definition) is 2. The highest BCUT2D eigenvalue weighted by Crippen LogP contribution is 2.48. The van der Waals surface area contributed by atoms with Crippen LogP contribution in [0.15, 0.2) is 101 Å². The van der Waals surface area contributed by atoms with E-state index in [2.05, 4.69) is 11.6 Å². The van der Waals surface area contributed by atoms with Crippen LogP contribution in [0.25, 0.3) is 0 Å². The fraction of sp³-hybridized carbons (Fsp3) is 0.231. The summed E-state index contributed by atoms with van der Waals surface area (Å²) in [6, 6.07) is 17.9. The molecule has 3 N–H and O–H groups in total. The Labute approximate surface area is 187 Å². The van der Waals surface area contributed by atoms with Gasteiger partial charge in [-0.25, -0.2) is 0 Å². The largest absolute Gasteiger partial charge is 0.489 e. The van der Waals surface area contributed by atoms with Crippen LogP contribution in [0.4, 0.5) is 0 Å². The minimum Gasteiger partial charge on any atom is -0.489 e. The van der Waals surface area contributed by atoms with E-state index in [0.717, 1.165) is 34.1 Å². The van der Waals surface area contributed by atoms with E-state index in [1.807, 2.05) is 60.8 Å². The first-order valence-electron chi connectivity index (χ1n) is 10.8. The number of amidine groups is 1. The predicted molar refractivity (Wildman–Crippen MR) is 125 cm³/mol. The van der Waals surface area contributed by atoms with E-state index in [1.165, 1.54) is 0 Å². The average molecular weight is 428 g/mol. The van der Waals surface area contributed by atoms with Crippen LogP contribution in [-0.4, -0.2) is 27.3 Å². The van der Waals surface area contributed by atoms with Gasteiger partial charge in [0.2, 0.25) is 5.70 Å². The molecule has 162 valence electrons. The third kappa shape index (κ3) is 3.62. The number of hydrogen-bond acceptors (Lipinski definition) is 5. The Morgan fingerprint density at radius 3 is 2.78 bits per heavy atom. The van der Waals surface area contributed by atoms with E-state index in [4.69, 9.17) is 15.6 Å². The van der Waals surface area contributed by atoms with Gasteiger partial charge in [0.25, 0.3) is 5.84 Å². The number of fused-ring (bicyclic) bond motifs is 1. The number of quaternary nitrogens is 1. The Hall–Kier alpha value is -3.32. The number of ether oxygens (including phenoxy) is 1. The molecule has 0 spiro atoms. The van der Waals surface area contributed by atoms with Gasteiger partial charge in [-0.3, -0.25) is 4.99 Å². The third-order valence-corrected chi connectivity index (χ3v) is 6.33. The summed E-state index contributed by atoms with van der Waals surface area (Å²) in [5.74, 6) is 8.47. The molecule has 2 aromatic rings. The van der Waals surface area contributed by atoms with E-state index in [1.54, 1.807) is 18.5 Å². The van der Waals surface area contributed by atoms with Crippen LogP contribution < -0.4 is 10.6 Å². The normalized spacial score (nSPS) is 28.2. The van der Waals surface area contributed by atoms with Crippen molar-refractivity contribution < 1.29 is 14.4 Å².